The van der Waals surface area contributed by atoms with Crippen molar-refractivity contribution in [1.29, 1.82) is 0 Å². The van der Waals surface area contributed by atoms with Crippen molar-refractivity contribution in [2.24, 2.45) is 0 Å². The molecule has 0 bridgehead atoms. The first-order valence-electron chi connectivity index (χ1n) is 11.6. The Morgan fingerprint density at radius 1 is 0.939 bits per heavy atom. The molecule has 3 rings (SSSR count). The smallest absolute Gasteiger partial charge is 0.252 e. The van der Waals surface area contributed by atoms with E-state index in [1.807, 2.05) is 49.4 Å². The Morgan fingerprint density at radius 3 is 2.24 bits per heavy atom. The van der Waals surface area contributed by atoms with Gasteiger partial charge in [0.2, 0.25) is 0 Å². The second kappa shape index (κ2) is 12.1. The highest BCUT2D eigenvalue weighted by Gasteiger charge is 2.25. The molecule has 2 aromatic carbocycles. The summed E-state index contributed by atoms with van der Waals surface area (Å²) >= 11 is 0. The van der Waals surface area contributed by atoms with Crippen LogP contribution < -0.4 is 10.6 Å². The Kier molecular flexibility index (Phi) is 8.95. The van der Waals surface area contributed by atoms with E-state index in [2.05, 4.69) is 10.6 Å². The second-order valence-corrected chi connectivity index (χ2v) is 8.56. The summed E-state index contributed by atoms with van der Waals surface area (Å²) in [5, 5.41) is 14.7. The molecule has 6 heteroatoms. The molecule has 1 fully saturated rings. The summed E-state index contributed by atoms with van der Waals surface area (Å²) in [6.07, 6.45) is 6.60. The molecular weight excluding hydrogens is 416 g/mol. The molecule has 3 N–H and O–H groups in total. The lowest BCUT2D eigenvalue weighted by Crippen LogP contribution is -2.26. The van der Waals surface area contributed by atoms with Crippen molar-refractivity contribution in [2.75, 3.05) is 13.2 Å². The Labute approximate surface area is 195 Å². The number of aliphatic hydroxyl groups is 1. The summed E-state index contributed by atoms with van der Waals surface area (Å²) in [6, 6.07) is 15.4. The summed E-state index contributed by atoms with van der Waals surface area (Å²) in [5.74, 6) is -0.380. The number of benzene rings is 2. The minimum absolute atomic E-state index is 0.0798. The Morgan fingerprint density at radius 2 is 1.61 bits per heavy atom. The van der Waals surface area contributed by atoms with E-state index in [9.17, 15) is 14.4 Å². The molecule has 2 amide bonds. The molecule has 0 atom stereocenters. The number of ketones is 1. The number of carbonyl (C=O) groups is 3. The van der Waals surface area contributed by atoms with Gasteiger partial charge < -0.3 is 15.7 Å². The van der Waals surface area contributed by atoms with Crippen LogP contribution in [-0.2, 0) is 9.59 Å². The SMILES string of the molecule is Cc1ccc(/C(=C\c2ccc(C(=O)NCCCCCC(=O)CO)cc2)C(=O)NC2CC2)cc1. The van der Waals surface area contributed by atoms with E-state index in [0.29, 0.717) is 30.5 Å². The molecule has 0 spiro atoms. The first-order chi connectivity index (χ1) is 16.0. The number of rotatable bonds is 12. The van der Waals surface area contributed by atoms with E-state index in [1.54, 1.807) is 12.1 Å². The number of nitrogens with one attached hydrogen (secondary N) is 2. The Bertz CT molecular complexity index is 990. The molecule has 0 aliphatic heterocycles. The van der Waals surface area contributed by atoms with Gasteiger partial charge in [-0.3, -0.25) is 14.4 Å². The summed E-state index contributed by atoms with van der Waals surface area (Å²) in [4.78, 5) is 36.3. The van der Waals surface area contributed by atoms with Crippen LogP contribution in [0.5, 0.6) is 0 Å². The monoisotopic (exact) mass is 448 g/mol. The second-order valence-electron chi connectivity index (χ2n) is 8.56. The van der Waals surface area contributed by atoms with Crippen LogP contribution in [0.4, 0.5) is 0 Å². The zero-order valence-electron chi connectivity index (χ0n) is 19.1. The van der Waals surface area contributed by atoms with Crippen LogP contribution in [0.3, 0.4) is 0 Å². The fourth-order valence-corrected chi connectivity index (χ4v) is 3.41. The summed E-state index contributed by atoms with van der Waals surface area (Å²) in [5.41, 5.74) is 4.01. The maximum atomic E-state index is 12.8. The fourth-order valence-electron chi connectivity index (χ4n) is 3.41. The number of carbonyl (C=O) groups excluding carboxylic acids is 3. The van der Waals surface area contributed by atoms with Gasteiger partial charge in [-0.1, -0.05) is 48.4 Å². The van der Waals surface area contributed by atoms with E-state index in [0.717, 1.165) is 42.4 Å². The van der Waals surface area contributed by atoms with E-state index in [-0.39, 0.29) is 23.6 Å². The molecule has 6 nitrogen and oxygen atoms in total. The number of hydrogen-bond donors (Lipinski definition) is 3. The Balaban J connectivity index is 1.59. The maximum Gasteiger partial charge on any atom is 0.252 e. The molecule has 1 aliphatic carbocycles. The van der Waals surface area contributed by atoms with Crippen LogP contribution in [0.1, 0.15) is 65.6 Å². The average molecular weight is 449 g/mol. The predicted molar refractivity (Wildman–Crippen MR) is 130 cm³/mol. The minimum Gasteiger partial charge on any atom is -0.389 e. The summed E-state index contributed by atoms with van der Waals surface area (Å²) < 4.78 is 0. The van der Waals surface area contributed by atoms with Gasteiger partial charge in [0.05, 0.1) is 0 Å². The number of hydrogen-bond acceptors (Lipinski definition) is 4. The zero-order valence-corrected chi connectivity index (χ0v) is 19.1. The molecule has 174 valence electrons. The maximum absolute atomic E-state index is 12.8. The van der Waals surface area contributed by atoms with Crippen LogP contribution in [0, 0.1) is 6.92 Å². The number of unbranched alkanes of at least 4 members (excludes halogenated alkanes) is 2. The van der Waals surface area contributed by atoms with Crippen molar-refractivity contribution >= 4 is 29.2 Å². The van der Waals surface area contributed by atoms with Crippen molar-refractivity contribution in [3.05, 3.63) is 70.8 Å². The van der Waals surface area contributed by atoms with Crippen LogP contribution >= 0.6 is 0 Å². The van der Waals surface area contributed by atoms with Crippen LogP contribution in [0.2, 0.25) is 0 Å². The first-order valence-corrected chi connectivity index (χ1v) is 11.6. The van der Waals surface area contributed by atoms with Gasteiger partial charge in [0, 0.05) is 30.1 Å². The summed E-state index contributed by atoms with van der Waals surface area (Å²) in [7, 11) is 0. The normalized spacial score (nSPS) is 13.5. The molecule has 33 heavy (non-hydrogen) atoms. The number of amides is 2. The predicted octanol–water partition coefficient (Wildman–Crippen LogP) is 3.67. The average Bonchev–Trinajstić information content (AvgIpc) is 3.64. The van der Waals surface area contributed by atoms with Gasteiger partial charge >= 0.3 is 0 Å². The highest BCUT2D eigenvalue weighted by molar-refractivity contribution is 6.24. The lowest BCUT2D eigenvalue weighted by Gasteiger charge is -2.10. The van der Waals surface area contributed by atoms with Crippen LogP contribution in [0.15, 0.2) is 48.5 Å². The van der Waals surface area contributed by atoms with Gasteiger partial charge in [0.15, 0.2) is 5.78 Å². The molecule has 2 aromatic rings. The quantitative estimate of drug-likeness (QED) is 0.262. The van der Waals surface area contributed by atoms with Gasteiger partial charge in [-0.15, -0.1) is 0 Å². The molecule has 1 saturated carbocycles. The molecule has 1 aliphatic rings. The lowest BCUT2D eigenvalue weighted by molar-refractivity contribution is -0.121. The van der Waals surface area contributed by atoms with E-state index >= 15 is 0 Å². The molecule has 0 heterocycles. The summed E-state index contributed by atoms with van der Waals surface area (Å²) in [6.45, 7) is 2.14. The first kappa shape index (κ1) is 24.4. The van der Waals surface area contributed by atoms with Crippen LogP contribution in [-0.4, -0.2) is 41.9 Å². The minimum atomic E-state index is -0.403. The number of aliphatic hydroxyl groups excluding tert-OH is 1. The third-order valence-corrected chi connectivity index (χ3v) is 5.60. The number of aryl methyl sites for hydroxylation is 1. The lowest BCUT2D eigenvalue weighted by atomic mass is 10.00. The van der Waals surface area contributed by atoms with Gasteiger partial charge in [0.1, 0.15) is 6.61 Å². The standard InChI is InChI=1S/C27H32N2O4/c1-19-6-10-21(11-7-19)25(27(33)29-23-14-15-23)17-20-8-12-22(13-9-20)26(32)28-16-4-2-3-5-24(31)18-30/h6-13,17,23,30H,2-5,14-16,18H2,1H3,(H,28,32)(H,29,33)/b25-17+. The fraction of sp³-hybridized carbons (Fsp3) is 0.370. The topological polar surface area (TPSA) is 95.5 Å². The van der Waals surface area contributed by atoms with Gasteiger partial charge in [-0.2, -0.15) is 0 Å². The van der Waals surface area contributed by atoms with Crippen LogP contribution in [0.25, 0.3) is 11.6 Å². The highest BCUT2D eigenvalue weighted by atomic mass is 16.3. The molecular formula is C27H32N2O4. The molecule has 0 radical (unpaired) electrons. The van der Waals surface area contributed by atoms with Crippen molar-refractivity contribution in [1.82, 2.24) is 10.6 Å². The van der Waals surface area contributed by atoms with Crippen molar-refractivity contribution in [3.63, 3.8) is 0 Å². The molecule has 0 saturated heterocycles. The zero-order chi connectivity index (χ0) is 23.6. The van der Waals surface area contributed by atoms with Gasteiger partial charge in [-0.25, -0.2) is 0 Å². The van der Waals surface area contributed by atoms with Crippen molar-refractivity contribution in [2.45, 2.75) is 51.5 Å². The van der Waals surface area contributed by atoms with E-state index < -0.39 is 6.61 Å². The van der Waals surface area contributed by atoms with E-state index in [4.69, 9.17) is 5.11 Å². The van der Waals surface area contributed by atoms with Gasteiger partial charge in [0.25, 0.3) is 11.8 Å². The Hall–Kier alpha value is -3.25. The van der Waals surface area contributed by atoms with E-state index in [1.165, 1.54) is 0 Å². The number of Topliss-reactive ketones (excluding diaryl/α,β-unsaturated/α-hetero) is 1. The van der Waals surface area contributed by atoms with Crippen molar-refractivity contribution in [3.8, 4) is 0 Å². The third-order valence-electron chi connectivity index (χ3n) is 5.60. The van der Waals surface area contributed by atoms with Crippen molar-refractivity contribution < 1.29 is 19.5 Å². The molecule has 0 unspecified atom stereocenters. The largest absolute Gasteiger partial charge is 0.389 e. The molecule has 0 aromatic heterocycles. The highest BCUT2D eigenvalue weighted by Crippen LogP contribution is 2.24. The third kappa shape index (κ3) is 7.99. The van der Waals surface area contributed by atoms with Gasteiger partial charge in [-0.05, 0) is 61.9 Å².